The SMILES string of the molecule is CN=C(NCCCOCC1CC1)NCC1Cc2ccccc2O1.I. The Bertz CT molecular complexity index is 510. The normalized spacial score (nSPS) is 19.2. The van der Waals surface area contributed by atoms with Gasteiger partial charge in [0.05, 0.1) is 6.54 Å². The molecular formula is C18H28IN3O2. The monoisotopic (exact) mass is 445 g/mol. The van der Waals surface area contributed by atoms with Crippen LogP contribution in [0.15, 0.2) is 29.3 Å². The van der Waals surface area contributed by atoms with Crippen molar-refractivity contribution in [2.45, 2.75) is 31.8 Å². The lowest BCUT2D eigenvalue weighted by Crippen LogP contribution is -2.42. The van der Waals surface area contributed by atoms with Crippen LogP contribution in [0.1, 0.15) is 24.8 Å². The van der Waals surface area contributed by atoms with Crippen molar-refractivity contribution in [1.82, 2.24) is 10.6 Å². The van der Waals surface area contributed by atoms with E-state index in [4.69, 9.17) is 9.47 Å². The van der Waals surface area contributed by atoms with Gasteiger partial charge in [0, 0.05) is 33.2 Å². The first-order chi connectivity index (χ1) is 11.3. The van der Waals surface area contributed by atoms with Crippen molar-refractivity contribution >= 4 is 29.9 Å². The molecule has 1 heterocycles. The largest absolute Gasteiger partial charge is 0.488 e. The summed E-state index contributed by atoms with van der Waals surface area (Å²) in [4.78, 5) is 4.25. The number of nitrogens with zero attached hydrogens (tertiary/aromatic N) is 1. The Balaban J connectivity index is 0.00000208. The summed E-state index contributed by atoms with van der Waals surface area (Å²) in [5.74, 6) is 2.68. The summed E-state index contributed by atoms with van der Waals surface area (Å²) in [6.07, 6.45) is 4.82. The maximum Gasteiger partial charge on any atom is 0.191 e. The number of rotatable bonds is 8. The van der Waals surface area contributed by atoms with E-state index in [0.29, 0.717) is 0 Å². The molecule has 5 nitrogen and oxygen atoms in total. The Morgan fingerprint density at radius 1 is 1.29 bits per heavy atom. The van der Waals surface area contributed by atoms with Crippen LogP contribution in [0.2, 0.25) is 0 Å². The molecule has 0 spiro atoms. The Hall–Kier alpha value is -1.02. The summed E-state index contributed by atoms with van der Waals surface area (Å²) < 4.78 is 11.6. The molecule has 1 aromatic rings. The van der Waals surface area contributed by atoms with Gasteiger partial charge in [-0.3, -0.25) is 4.99 Å². The maximum absolute atomic E-state index is 5.92. The minimum atomic E-state index is 0. The van der Waals surface area contributed by atoms with Crippen LogP contribution < -0.4 is 15.4 Å². The van der Waals surface area contributed by atoms with Crippen molar-refractivity contribution in [3.63, 3.8) is 0 Å². The van der Waals surface area contributed by atoms with Crippen LogP contribution in [0, 0.1) is 5.92 Å². The molecule has 1 aliphatic carbocycles. The third kappa shape index (κ3) is 6.12. The Labute approximate surface area is 161 Å². The molecule has 0 aromatic heterocycles. The minimum absolute atomic E-state index is 0. The fourth-order valence-corrected chi connectivity index (χ4v) is 2.71. The van der Waals surface area contributed by atoms with Gasteiger partial charge in [-0.2, -0.15) is 0 Å². The zero-order valence-corrected chi connectivity index (χ0v) is 16.6. The highest BCUT2D eigenvalue weighted by atomic mass is 127. The van der Waals surface area contributed by atoms with E-state index in [0.717, 1.165) is 56.8 Å². The number of para-hydroxylation sites is 1. The Morgan fingerprint density at radius 2 is 2.12 bits per heavy atom. The van der Waals surface area contributed by atoms with E-state index in [1.54, 1.807) is 7.05 Å². The average molecular weight is 445 g/mol. The van der Waals surface area contributed by atoms with E-state index >= 15 is 0 Å². The molecule has 0 saturated heterocycles. The van der Waals surface area contributed by atoms with Gasteiger partial charge in [0.25, 0.3) is 0 Å². The molecular weight excluding hydrogens is 417 g/mol. The summed E-state index contributed by atoms with van der Waals surface area (Å²) in [6.45, 7) is 3.39. The number of benzene rings is 1. The van der Waals surface area contributed by atoms with Gasteiger partial charge < -0.3 is 20.1 Å². The minimum Gasteiger partial charge on any atom is -0.488 e. The van der Waals surface area contributed by atoms with Crippen molar-refractivity contribution in [3.8, 4) is 5.75 Å². The lowest BCUT2D eigenvalue weighted by atomic mass is 10.1. The third-order valence-electron chi connectivity index (χ3n) is 4.24. The van der Waals surface area contributed by atoms with Crippen LogP contribution in [-0.4, -0.2) is 45.4 Å². The third-order valence-corrected chi connectivity index (χ3v) is 4.24. The van der Waals surface area contributed by atoms with Crippen LogP contribution in [0.3, 0.4) is 0 Å². The van der Waals surface area contributed by atoms with Crippen molar-refractivity contribution < 1.29 is 9.47 Å². The van der Waals surface area contributed by atoms with Crippen molar-refractivity contribution in [2.24, 2.45) is 10.9 Å². The molecule has 2 N–H and O–H groups in total. The quantitative estimate of drug-likeness (QED) is 0.280. The van der Waals surface area contributed by atoms with Crippen molar-refractivity contribution in [2.75, 3.05) is 33.4 Å². The smallest absolute Gasteiger partial charge is 0.191 e. The van der Waals surface area contributed by atoms with Gasteiger partial charge in [0.15, 0.2) is 5.96 Å². The predicted octanol–water partition coefficient (Wildman–Crippen LogP) is 2.59. The van der Waals surface area contributed by atoms with Gasteiger partial charge in [-0.25, -0.2) is 0 Å². The molecule has 134 valence electrons. The van der Waals surface area contributed by atoms with Gasteiger partial charge >= 0.3 is 0 Å². The number of fused-ring (bicyclic) bond motifs is 1. The number of aliphatic imine (C=N–C) groups is 1. The lowest BCUT2D eigenvalue weighted by molar-refractivity contribution is 0.123. The molecule has 1 atom stereocenters. The summed E-state index contributed by atoms with van der Waals surface area (Å²) in [7, 11) is 1.79. The molecule has 1 saturated carbocycles. The van der Waals surface area contributed by atoms with E-state index in [-0.39, 0.29) is 30.1 Å². The van der Waals surface area contributed by atoms with Crippen molar-refractivity contribution in [1.29, 1.82) is 0 Å². The second-order valence-corrected chi connectivity index (χ2v) is 6.30. The van der Waals surface area contributed by atoms with E-state index in [1.165, 1.54) is 18.4 Å². The first-order valence-corrected chi connectivity index (χ1v) is 8.62. The highest BCUT2D eigenvalue weighted by Crippen LogP contribution is 2.29. The van der Waals surface area contributed by atoms with Gasteiger partial charge in [-0.1, -0.05) is 18.2 Å². The molecule has 0 amide bonds. The van der Waals surface area contributed by atoms with Crippen LogP contribution >= 0.6 is 24.0 Å². The predicted molar refractivity (Wildman–Crippen MR) is 108 cm³/mol. The number of nitrogens with one attached hydrogen (secondary N) is 2. The van der Waals surface area contributed by atoms with Crippen LogP contribution in [0.25, 0.3) is 0 Å². The van der Waals surface area contributed by atoms with E-state index in [2.05, 4.69) is 27.8 Å². The Morgan fingerprint density at radius 3 is 2.88 bits per heavy atom. The molecule has 1 unspecified atom stereocenters. The summed E-state index contributed by atoms with van der Waals surface area (Å²) in [5, 5.41) is 6.66. The topological polar surface area (TPSA) is 54.9 Å². The number of hydrogen-bond donors (Lipinski definition) is 2. The molecule has 1 fully saturated rings. The fraction of sp³-hybridized carbons (Fsp3) is 0.611. The molecule has 0 bridgehead atoms. The first kappa shape index (κ1) is 19.3. The lowest BCUT2D eigenvalue weighted by Gasteiger charge is -2.15. The molecule has 6 heteroatoms. The molecule has 0 radical (unpaired) electrons. The zero-order chi connectivity index (χ0) is 15.9. The average Bonchev–Trinajstić information content (AvgIpc) is 3.30. The van der Waals surface area contributed by atoms with E-state index < -0.39 is 0 Å². The van der Waals surface area contributed by atoms with Gasteiger partial charge in [0.1, 0.15) is 11.9 Å². The number of guanidine groups is 1. The number of ether oxygens (including phenoxy) is 2. The highest BCUT2D eigenvalue weighted by molar-refractivity contribution is 14.0. The Kier molecular flexibility index (Phi) is 8.11. The fourth-order valence-electron chi connectivity index (χ4n) is 2.71. The van der Waals surface area contributed by atoms with Gasteiger partial charge in [-0.05, 0) is 36.8 Å². The summed E-state index contributed by atoms with van der Waals surface area (Å²) >= 11 is 0. The highest BCUT2D eigenvalue weighted by Gasteiger charge is 2.22. The molecule has 1 aliphatic heterocycles. The second kappa shape index (κ2) is 10.1. The number of halogens is 1. The zero-order valence-electron chi connectivity index (χ0n) is 14.3. The number of hydrogen-bond acceptors (Lipinski definition) is 3. The van der Waals surface area contributed by atoms with Crippen LogP contribution in [0.4, 0.5) is 0 Å². The summed E-state index contributed by atoms with van der Waals surface area (Å²) in [6, 6.07) is 8.23. The van der Waals surface area contributed by atoms with Crippen LogP contribution in [-0.2, 0) is 11.2 Å². The molecule has 2 aliphatic rings. The molecule has 1 aromatic carbocycles. The maximum atomic E-state index is 5.92. The van der Waals surface area contributed by atoms with E-state index in [1.807, 2.05) is 12.1 Å². The van der Waals surface area contributed by atoms with Crippen LogP contribution in [0.5, 0.6) is 5.75 Å². The second-order valence-electron chi connectivity index (χ2n) is 6.30. The molecule has 24 heavy (non-hydrogen) atoms. The standard InChI is InChI=1S/C18H27N3O2.HI/c1-19-18(20-9-4-10-22-13-14-7-8-14)21-12-16-11-15-5-2-3-6-17(15)23-16;/h2-3,5-6,14,16H,4,7-13H2,1H3,(H2,19,20,21);1H. The molecule has 3 rings (SSSR count). The van der Waals surface area contributed by atoms with Gasteiger partial charge in [0.2, 0.25) is 0 Å². The van der Waals surface area contributed by atoms with E-state index in [9.17, 15) is 0 Å². The van der Waals surface area contributed by atoms with Crippen molar-refractivity contribution in [3.05, 3.63) is 29.8 Å². The first-order valence-electron chi connectivity index (χ1n) is 8.62. The van der Waals surface area contributed by atoms with Gasteiger partial charge in [-0.15, -0.1) is 24.0 Å². The summed E-state index contributed by atoms with van der Waals surface area (Å²) in [5.41, 5.74) is 1.29.